The quantitative estimate of drug-likeness (QED) is 0.885. The molecule has 24 heavy (non-hydrogen) atoms. The van der Waals surface area contributed by atoms with E-state index in [0.717, 1.165) is 24.2 Å². The van der Waals surface area contributed by atoms with E-state index in [1.807, 2.05) is 36.1 Å². The number of aryl methyl sites for hydroxylation is 1. The minimum absolute atomic E-state index is 0.0552. The van der Waals surface area contributed by atoms with Gasteiger partial charge in [-0.25, -0.2) is 4.98 Å². The number of benzene rings is 1. The summed E-state index contributed by atoms with van der Waals surface area (Å²) < 4.78 is 11.5. The lowest BCUT2D eigenvalue weighted by Gasteiger charge is -2.30. The van der Waals surface area contributed by atoms with Crippen molar-refractivity contribution >= 4 is 5.91 Å². The van der Waals surface area contributed by atoms with E-state index >= 15 is 0 Å². The molecule has 0 radical (unpaired) electrons. The average Bonchev–Trinajstić information content (AvgIpc) is 3.02. The van der Waals surface area contributed by atoms with Gasteiger partial charge in [-0.15, -0.1) is 0 Å². The van der Waals surface area contributed by atoms with Crippen LogP contribution in [0.2, 0.25) is 0 Å². The van der Waals surface area contributed by atoms with Crippen LogP contribution in [0.1, 0.15) is 31.2 Å². The molecule has 6 nitrogen and oxygen atoms in total. The van der Waals surface area contributed by atoms with E-state index in [2.05, 4.69) is 16.9 Å². The topological polar surface area (TPSA) is 67.5 Å². The Labute approximate surface area is 141 Å². The number of hydrogen-bond acceptors (Lipinski definition) is 4. The second-order valence-electron chi connectivity index (χ2n) is 5.95. The molecule has 1 aromatic carbocycles. The highest BCUT2D eigenvalue weighted by Crippen LogP contribution is 2.31. The Balaban J connectivity index is 1.72. The van der Waals surface area contributed by atoms with Crippen molar-refractivity contribution in [1.29, 1.82) is 0 Å². The minimum Gasteiger partial charge on any atom is -0.485 e. The number of hydrogen-bond donors (Lipinski definition) is 1. The lowest BCUT2D eigenvalue weighted by molar-refractivity contribution is -0.142. The Hall–Kier alpha value is -2.50. The van der Waals surface area contributed by atoms with Crippen molar-refractivity contribution in [2.75, 3.05) is 13.2 Å². The first-order chi connectivity index (χ1) is 11.7. The SMILES string of the molecule is CCCCN(Cc1nc[nH]c1C)C(=O)[C@H]1COc2ccccc2O1. The number of amides is 1. The van der Waals surface area contributed by atoms with Crippen LogP contribution in [0, 0.1) is 6.92 Å². The first kappa shape index (κ1) is 16.4. The molecule has 0 aliphatic carbocycles. The first-order valence-corrected chi connectivity index (χ1v) is 8.35. The molecule has 1 aliphatic rings. The molecule has 0 saturated carbocycles. The van der Waals surface area contributed by atoms with Crippen LogP contribution in [0.3, 0.4) is 0 Å². The van der Waals surface area contributed by atoms with Gasteiger partial charge in [0.2, 0.25) is 6.10 Å². The Kier molecular flexibility index (Phi) is 5.03. The maximum Gasteiger partial charge on any atom is 0.267 e. The van der Waals surface area contributed by atoms with Gasteiger partial charge in [-0.05, 0) is 25.5 Å². The van der Waals surface area contributed by atoms with Crippen molar-refractivity contribution in [2.45, 2.75) is 39.3 Å². The van der Waals surface area contributed by atoms with Crippen molar-refractivity contribution in [3.8, 4) is 11.5 Å². The molecule has 0 fully saturated rings. The van der Waals surface area contributed by atoms with Gasteiger partial charge in [-0.1, -0.05) is 25.5 Å². The molecule has 1 aliphatic heterocycles. The van der Waals surface area contributed by atoms with E-state index in [9.17, 15) is 4.79 Å². The third kappa shape index (κ3) is 3.53. The zero-order valence-electron chi connectivity index (χ0n) is 14.1. The normalized spacial score (nSPS) is 16.0. The van der Waals surface area contributed by atoms with Crippen molar-refractivity contribution in [2.24, 2.45) is 0 Å². The summed E-state index contributed by atoms with van der Waals surface area (Å²) in [6.07, 6.45) is 3.01. The molecule has 2 aromatic rings. The predicted octanol–water partition coefficient (Wildman–Crippen LogP) is 2.69. The number of carbonyl (C=O) groups excluding carboxylic acids is 1. The van der Waals surface area contributed by atoms with Crippen LogP contribution in [0.25, 0.3) is 0 Å². The van der Waals surface area contributed by atoms with Crippen molar-refractivity contribution in [3.63, 3.8) is 0 Å². The molecule has 1 atom stereocenters. The van der Waals surface area contributed by atoms with E-state index in [1.54, 1.807) is 6.33 Å². The third-order valence-corrected chi connectivity index (χ3v) is 4.15. The molecule has 6 heteroatoms. The number of nitrogens with zero attached hydrogens (tertiary/aromatic N) is 2. The molecule has 1 aromatic heterocycles. The fourth-order valence-corrected chi connectivity index (χ4v) is 2.69. The standard InChI is InChI=1S/C18H23N3O3/c1-3-4-9-21(10-14-13(2)19-12-20-14)18(22)17-11-23-15-7-5-6-8-16(15)24-17/h5-8,12,17H,3-4,9-11H2,1-2H3,(H,19,20)/t17-/m1/s1. The van der Waals surface area contributed by atoms with E-state index in [1.165, 1.54) is 0 Å². The zero-order valence-corrected chi connectivity index (χ0v) is 14.1. The van der Waals surface area contributed by atoms with Crippen molar-refractivity contribution in [1.82, 2.24) is 14.9 Å². The number of fused-ring (bicyclic) bond motifs is 1. The van der Waals surface area contributed by atoms with Gasteiger partial charge in [0, 0.05) is 12.2 Å². The Morgan fingerprint density at radius 3 is 2.88 bits per heavy atom. The van der Waals surface area contributed by atoms with Gasteiger partial charge in [-0.3, -0.25) is 4.79 Å². The van der Waals surface area contributed by atoms with E-state index < -0.39 is 6.10 Å². The summed E-state index contributed by atoms with van der Waals surface area (Å²) in [6.45, 7) is 5.47. The fraction of sp³-hybridized carbons (Fsp3) is 0.444. The lowest BCUT2D eigenvalue weighted by atomic mass is 10.2. The molecule has 1 amide bonds. The van der Waals surface area contributed by atoms with Crippen LogP contribution < -0.4 is 9.47 Å². The molecular weight excluding hydrogens is 306 g/mol. The third-order valence-electron chi connectivity index (χ3n) is 4.15. The molecule has 2 heterocycles. The minimum atomic E-state index is -0.615. The van der Waals surface area contributed by atoms with Crippen LogP contribution >= 0.6 is 0 Å². The van der Waals surface area contributed by atoms with Crippen LogP contribution in [0.4, 0.5) is 0 Å². The number of ether oxygens (including phenoxy) is 2. The number of imidazole rings is 1. The van der Waals surface area contributed by atoms with Crippen LogP contribution in [0.5, 0.6) is 11.5 Å². The van der Waals surface area contributed by atoms with Gasteiger partial charge in [0.1, 0.15) is 6.61 Å². The summed E-state index contributed by atoms with van der Waals surface area (Å²) >= 11 is 0. The predicted molar refractivity (Wildman–Crippen MR) is 90.0 cm³/mol. The summed E-state index contributed by atoms with van der Waals surface area (Å²) in [4.78, 5) is 22.1. The number of unbranched alkanes of at least 4 members (excludes halogenated alkanes) is 1. The number of carbonyl (C=O) groups is 1. The van der Waals surface area contributed by atoms with Gasteiger partial charge in [-0.2, -0.15) is 0 Å². The van der Waals surface area contributed by atoms with Crippen LogP contribution in [-0.4, -0.2) is 40.0 Å². The summed E-state index contributed by atoms with van der Waals surface area (Å²) in [6, 6.07) is 7.43. The second-order valence-corrected chi connectivity index (χ2v) is 5.95. The Bertz CT molecular complexity index is 698. The second kappa shape index (κ2) is 7.38. The highest BCUT2D eigenvalue weighted by Gasteiger charge is 2.31. The number of para-hydroxylation sites is 2. The molecule has 0 unspecified atom stereocenters. The Morgan fingerprint density at radius 1 is 1.38 bits per heavy atom. The summed E-state index contributed by atoms with van der Waals surface area (Å²) in [5.41, 5.74) is 1.87. The molecule has 0 spiro atoms. The maximum absolute atomic E-state index is 12.9. The van der Waals surface area contributed by atoms with Crippen LogP contribution in [-0.2, 0) is 11.3 Å². The maximum atomic E-state index is 12.9. The number of nitrogens with one attached hydrogen (secondary N) is 1. The first-order valence-electron chi connectivity index (χ1n) is 8.35. The van der Waals surface area contributed by atoms with Crippen molar-refractivity contribution < 1.29 is 14.3 Å². The van der Waals surface area contributed by atoms with Gasteiger partial charge in [0.15, 0.2) is 11.5 Å². The monoisotopic (exact) mass is 329 g/mol. The molecule has 128 valence electrons. The molecule has 1 N–H and O–H groups in total. The van der Waals surface area contributed by atoms with Gasteiger partial charge >= 0.3 is 0 Å². The van der Waals surface area contributed by atoms with E-state index in [4.69, 9.17) is 9.47 Å². The highest BCUT2D eigenvalue weighted by atomic mass is 16.6. The average molecular weight is 329 g/mol. The molecule has 0 saturated heterocycles. The Morgan fingerprint density at radius 2 is 2.17 bits per heavy atom. The van der Waals surface area contributed by atoms with Crippen molar-refractivity contribution in [3.05, 3.63) is 42.0 Å². The lowest BCUT2D eigenvalue weighted by Crippen LogP contribution is -2.46. The van der Waals surface area contributed by atoms with E-state index in [0.29, 0.717) is 24.6 Å². The molecule has 0 bridgehead atoms. The molecule has 3 rings (SSSR count). The largest absolute Gasteiger partial charge is 0.485 e. The molecular formula is C18H23N3O3. The number of aromatic nitrogens is 2. The summed E-state index contributed by atoms with van der Waals surface area (Å²) in [5, 5.41) is 0. The van der Waals surface area contributed by atoms with Gasteiger partial charge < -0.3 is 19.4 Å². The fourth-order valence-electron chi connectivity index (χ4n) is 2.69. The van der Waals surface area contributed by atoms with Gasteiger partial charge in [0.25, 0.3) is 5.91 Å². The number of H-pyrrole nitrogens is 1. The summed E-state index contributed by atoms with van der Waals surface area (Å²) in [5.74, 6) is 1.25. The zero-order chi connectivity index (χ0) is 16.9. The smallest absolute Gasteiger partial charge is 0.267 e. The number of rotatable bonds is 6. The number of aromatic amines is 1. The van der Waals surface area contributed by atoms with Crippen LogP contribution in [0.15, 0.2) is 30.6 Å². The van der Waals surface area contributed by atoms with Gasteiger partial charge in [0.05, 0.1) is 18.6 Å². The van der Waals surface area contributed by atoms with E-state index in [-0.39, 0.29) is 12.5 Å². The summed E-state index contributed by atoms with van der Waals surface area (Å²) in [7, 11) is 0. The highest BCUT2D eigenvalue weighted by molar-refractivity contribution is 5.82.